The van der Waals surface area contributed by atoms with Crippen molar-refractivity contribution >= 4 is 11.8 Å². The number of nitrogens with zero attached hydrogens (tertiary/aromatic N) is 1. The highest BCUT2D eigenvalue weighted by molar-refractivity contribution is 5.86. The van der Waals surface area contributed by atoms with Crippen LogP contribution >= 0.6 is 0 Å². The van der Waals surface area contributed by atoms with Gasteiger partial charge in [0.1, 0.15) is 12.3 Å². The van der Waals surface area contributed by atoms with Gasteiger partial charge < -0.3 is 15.5 Å². The zero-order valence-electron chi connectivity index (χ0n) is 11.0. The minimum absolute atomic E-state index is 0.0357. The van der Waals surface area contributed by atoms with E-state index in [0.29, 0.717) is 11.6 Å². The standard InChI is InChI=1S/C14H15N3O3/c1-9(13(15)19)16-12(18)7-11-8-20-14(17-11)10-5-3-2-4-6-10/h2-6,8-9H,7H2,1H3,(H2,15,19)(H,16,18)/t9-/m1/s1. The predicted octanol–water partition coefficient (Wildman–Crippen LogP) is 0.874. The molecule has 0 unspecified atom stereocenters. The second-order valence-corrected chi connectivity index (χ2v) is 4.38. The summed E-state index contributed by atoms with van der Waals surface area (Å²) in [7, 11) is 0. The molecule has 0 saturated heterocycles. The van der Waals surface area contributed by atoms with E-state index in [2.05, 4.69) is 10.3 Å². The van der Waals surface area contributed by atoms with Gasteiger partial charge in [0, 0.05) is 5.56 Å². The van der Waals surface area contributed by atoms with Crippen molar-refractivity contribution < 1.29 is 14.0 Å². The lowest BCUT2D eigenvalue weighted by atomic mass is 10.2. The number of carbonyl (C=O) groups excluding carboxylic acids is 2. The molecule has 1 aromatic heterocycles. The summed E-state index contributed by atoms with van der Waals surface area (Å²) in [6.45, 7) is 1.53. The van der Waals surface area contributed by atoms with E-state index in [0.717, 1.165) is 5.56 Å². The third-order valence-corrected chi connectivity index (χ3v) is 2.72. The first-order valence-corrected chi connectivity index (χ1v) is 6.15. The van der Waals surface area contributed by atoms with E-state index in [4.69, 9.17) is 10.2 Å². The molecular formula is C14H15N3O3. The van der Waals surface area contributed by atoms with Crippen molar-refractivity contribution in [1.82, 2.24) is 10.3 Å². The van der Waals surface area contributed by atoms with Gasteiger partial charge in [-0.05, 0) is 19.1 Å². The molecule has 0 aliphatic carbocycles. The SMILES string of the molecule is C[C@@H](NC(=O)Cc1coc(-c2ccccc2)n1)C(N)=O. The Labute approximate surface area is 116 Å². The maximum absolute atomic E-state index is 11.7. The van der Waals surface area contributed by atoms with Gasteiger partial charge in [-0.25, -0.2) is 4.98 Å². The lowest BCUT2D eigenvalue weighted by Crippen LogP contribution is -2.42. The first kappa shape index (κ1) is 13.8. The fraction of sp³-hybridized carbons (Fsp3) is 0.214. The molecule has 0 spiro atoms. The largest absolute Gasteiger partial charge is 0.444 e. The van der Waals surface area contributed by atoms with E-state index >= 15 is 0 Å². The first-order valence-electron chi connectivity index (χ1n) is 6.15. The third kappa shape index (κ3) is 3.44. The molecule has 1 aromatic carbocycles. The van der Waals surface area contributed by atoms with Crippen molar-refractivity contribution in [3.63, 3.8) is 0 Å². The lowest BCUT2D eigenvalue weighted by Gasteiger charge is -2.08. The van der Waals surface area contributed by atoms with E-state index in [1.807, 2.05) is 30.3 Å². The highest BCUT2D eigenvalue weighted by Gasteiger charge is 2.14. The number of carbonyl (C=O) groups is 2. The summed E-state index contributed by atoms with van der Waals surface area (Å²) in [6.07, 6.45) is 1.46. The van der Waals surface area contributed by atoms with Crippen LogP contribution in [0, 0.1) is 0 Å². The van der Waals surface area contributed by atoms with Crippen LogP contribution in [-0.4, -0.2) is 22.8 Å². The molecule has 0 aliphatic rings. The number of amides is 2. The number of primary amides is 1. The molecule has 2 aromatic rings. The molecule has 1 atom stereocenters. The zero-order valence-corrected chi connectivity index (χ0v) is 11.0. The monoisotopic (exact) mass is 273 g/mol. The van der Waals surface area contributed by atoms with Crippen LogP contribution in [0.15, 0.2) is 41.0 Å². The fourth-order valence-corrected chi connectivity index (χ4v) is 1.63. The van der Waals surface area contributed by atoms with Crippen LogP contribution in [0.2, 0.25) is 0 Å². The minimum Gasteiger partial charge on any atom is -0.444 e. The maximum Gasteiger partial charge on any atom is 0.239 e. The van der Waals surface area contributed by atoms with Crippen LogP contribution in [0.1, 0.15) is 12.6 Å². The summed E-state index contributed by atoms with van der Waals surface area (Å²) in [5.74, 6) is -0.455. The van der Waals surface area contributed by atoms with E-state index < -0.39 is 11.9 Å². The molecule has 6 nitrogen and oxygen atoms in total. The molecule has 0 bridgehead atoms. The van der Waals surface area contributed by atoms with Crippen LogP contribution in [0.4, 0.5) is 0 Å². The molecule has 6 heteroatoms. The Kier molecular flexibility index (Phi) is 4.14. The molecule has 104 valence electrons. The van der Waals surface area contributed by atoms with Crippen molar-refractivity contribution in [2.45, 2.75) is 19.4 Å². The van der Waals surface area contributed by atoms with Gasteiger partial charge in [-0.3, -0.25) is 9.59 Å². The smallest absolute Gasteiger partial charge is 0.239 e. The molecule has 0 fully saturated rings. The lowest BCUT2D eigenvalue weighted by molar-refractivity contribution is -0.126. The van der Waals surface area contributed by atoms with Crippen LogP contribution < -0.4 is 11.1 Å². The molecule has 20 heavy (non-hydrogen) atoms. The Morgan fingerprint density at radius 1 is 1.35 bits per heavy atom. The van der Waals surface area contributed by atoms with E-state index in [1.54, 1.807) is 0 Å². The number of benzene rings is 1. The minimum atomic E-state index is -0.706. The van der Waals surface area contributed by atoms with E-state index in [-0.39, 0.29) is 12.3 Å². The number of hydrogen-bond acceptors (Lipinski definition) is 4. The number of hydrogen-bond donors (Lipinski definition) is 2. The molecule has 0 radical (unpaired) electrons. The summed E-state index contributed by atoms with van der Waals surface area (Å²) in [6, 6.07) is 8.67. The van der Waals surface area contributed by atoms with Crippen LogP contribution in [0.5, 0.6) is 0 Å². The van der Waals surface area contributed by atoms with Crippen molar-refractivity contribution in [2.24, 2.45) is 5.73 Å². The van der Waals surface area contributed by atoms with Gasteiger partial charge in [-0.2, -0.15) is 0 Å². The molecule has 3 N–H and O–H groups in total. The third-order valence-electron chi connectivity index (χ3n) is 2.72. The van der Waals surface area contributed by atoms with Gasteiger partial charge in [0.25, 0.3) is 0 Å². The summed E-state index contributed by atoms with van der Waals surface area (Å²) < 4.78 is 5.32. The molecular weight excluding hydrogens is 258 g/mol. The van der Waals surface area contributed by atoms with Gasteiger partial charge in [-0.1, -0.05) is 18.2 Å². The zero-order chi connectivity index (χ0) is 14.5. The summed E-state index contributed by atoms with van der Waals surface area (Å²) >= 11 is 0. The molecule has 1 heterocycles. The topological polar surface area (TPSA) is 98.2 Å². The fourth-order valence-electron chi connectivity index (χ4n) is 1.63. The molecule has 2 rings (SSSR count). The van der Waals surface area contributed by atoms with Gasteiger partial charge in [0.2, 0.25) is 17.7 Å². The average molecular weight is 273 g/mol. The summed E-state index contributed by atoms with van der Waals surface area (Å²) in [5.41, 5.74) is 6.41. The quantitative estimate of drug-likeness (QED) is 0.844. The normalized spacial score (nSPS) is 11.8. The van der Waals surface area contributed by atoms with Gasteiger partial charge in [0.05, 0.1) is 12.1 Å². The van der Waals surface area contributed by atoms with Gasteiger partial charge in [-0.15, -0.1) is 0 Å². The first-order chi connectivity index (χ1) is 9.56. The maximum atomic E-state index is 11.7. The van der Waals surface area contributed by atoms with E-state index in [1.165, 1.54) is 13.2 Å². The average Bonchev–Trinajstić information content (AvgIpc) is 2.88. The number of aromatic nitrogens is 1. The Hall–Kier alpha value is -2.63. The molecule has 0 saturated carbocycles. The van der Waals surface area contributed by atoms with Crippen LogP contribution in [-0.2, 0) is 16.0 Å². The van der Waals surface area contributed by atoms with Crippen molar-refractivity contribution in [3.8, 4) is 11.5 Å². The Bertz CT molecular complexity index is 607. The summed E-state index contributed by atoms with van der Waals surface area (Å²) in [5, 5.41) is 2.48. The van der Waals surface area contributed by atoms with Crippen molar-refractivity contribution in [1.29, 1.82) is 0 Å². The Morgan fingerprint density at radius 2 is 2.05 bits per heavy atom. The second-order valence-electron chi connectivity index (χ2n) is 4.38. The van der Waals surface area contributed by atoms with E-state index in [9.17, 15) is 9.59 Å². The number of oxazole rings is 1. The van der Waals surface area contributed by atoms with Crippen LogP contribution in [0.25, 0.3) is 11.5 Å². The Morgan fingerprint density at radius 3 is 2.70 bits per heavy atom. The summed E-state index contributed by atoms with van der Waals surface area (Å²) in [4.78, 5) is 26.8. The van der Waals surface area contributed by atoms with Gasteiger partial charge >= 0.3 is 0 Å². The number of nitrogens with one attached hydrogen (secondary N) is 1. The molecule has 2 amide bonds. The van der Waals surface area contributed by atoms with Gasteiger partial charge in [0.15, 0.2) is 0 Å². The van der Waals surface area contributed by atoms with Crippen LogP contribution in [0.3, 0.4) is 0 Å². The van der Waals surface area contributed by atoms with Crippen molar-refractivity contribution in [2.75, 3.05) is 0 Å². The predicted molar refractivity (Wildman–Crippen MR) is 72.4 cm³/mol. The molecule has 0 aliphatic heterocycles. The number of nitrogens with two attached hydrogens (primary N) is 1. The highest BCUT2D eigenvalue weighted by Crippen LogP contribution is 2.17. The number of rotatable bonds is 5. The highest BCUT2D eigenvalue weighted by atomic mass is 16.3. The van der Waals surface area contributed by atoms with Crippen molar-refractivity contribution in [3.05, 3.63) is 42.3 Å². The second kappa shape index (κ2) is 6.01. The Balaban J connectivity index is 2.00.